The lowest BCUT2D eigenvalue weighted by atomic mass is 9.93. The zero-order chi connectivity index (χ0) is 19.1. The Balaban J connectivity index is 1.47. The van der Waals surface area contributed by atoms with Crippen LogP contribution in [0.25, 0.3) is 22.0 Å². The fourth-order valence-corrected chi connectivity index (χ4v) is 3.68. The van der Waals surface area contributed by atoms with Crippen LogP contribution in [0.1, 0.15) is 18.1 Å². The summed E-state index contributed by atoms with van der Waals surface area (Å²) < 4.78 is 0. The summed E-state index contributed by atoms with van der Waals surface area (Å²) in [5.41, 5.74) is 4.31. The van der Waals surface area contributed by atoms with E-state index in [2.05, 4.69) is 46.7 Å². The molecule has 0 bridgehead atoms. The molecule has 0 saturated carbocycles. The van der Waals surface area contributed by atoms with Gasteiger partial charge >= 0.3 is 0 Å². The summed E-state index contributed by atoms with van der Waals surface area (Å²) in [6.45, 7) is 1.85. The van der Waals surface area contributed by atoms with Crippen molar-refractivity contribution in [2.45, 2.75) is 12.5 Å². The predicted molar refractivity (Wildman–Crippen MR) is 112 cm³/mol. The third kappa shape index (κ3) is 2.62. The first-order valence-electron chi connectivity index (χ1n) is 9.28. The Hall–Kier alpha value is -3.66. The van der Waals surface area contributed by atoms with E-state index >= 15 is 0 Å². The van der Waals surface area contributed by atoms with Crippen LogP contribution in [0.2, 0.25) is 0 Å². The van der Waals surface area contributed by atoms with Crippen molar-refractivity contribution in [1.82, 2.24) is 10.3 Å². The fraction of sp³-hybridized carbons (Fsp3) is 0.0833. The van der Waals surface area contributed by atoms with Crippen molar-refractivity contribution in [3.63, 3.8) is 0 Å². The average molecular weight is 365 g/mol. The quantitative estimate of drug-likeness (QED) is 0.546. The molecule has 1 unspecified atom stereocenters. The molecule has 3 aromatic carbocycles. The van der Waals surface area contributed by atoms with E-state index in [0.29, 0.717) is 5.84 Å². The number of hydrogen-bond donors (Lipinski definition) is 2. The summed E-state index contributed by atoms with van der Waals surface area (Å²) in [6, 6.07) is 26.2. The predicted octanol–water partition coefficient (Wildman–Crippen LogP) is 4.63. The molecule has 0 spiro atoms. The van der Waals surface area contributed by atoms with Crippen LogP contribution < -0.4 is 5.32 Å². The zero-order valence-electron chi connectivity index (χ0n) is 15.4. The number of aromatic amines is 1. The van der Waals surface area contributed by atoms with Gasteiger partial charge in [-0.05, 0) is 47.2 Å². The minimum Gasteiger partial charge on any atom is -0.361 e. The van der Waals surface area contributed by atoms with E-state index in [1.165, 1.54) is 5.39 Å². The summed E-state index contributed by atoms with van der Waals surface area (Å²) >= 11 is 0. The highest BCUT2D eigenvalue weighted by Crippen LogP contribution is 2.31. The van der Waals surface area contributed by atoms with E-state index in [1.807, 2.05) is 55.6 Å². The molecule has 2 heterocycles. The molecule has 1 atom stereocenters. The number of rotatable bonds is 3. The second kappa shape index (κ2) is 6.20. The first-order valence-corrected chi connectivity index (χ1v) is 9.28. The molecule has 136 valence electrons. The van der Waals surface area contributed by atoms with Gasteiger partial charge in [-0.3, -0.25) is 4.79 Å². The summed E-state index contributed by atoms with van der Waals surface area (Å²) in [5, 5.41) is 4.13. The number of amides is 1. The molecule has 4 nitrogen and oxygen atoms in total. The summed E-state index contributed by atoms with van der Waals surface area (Å²) in [7, 11) is 0. The smallest absolute Gasteiger partial charge is 0.257 e. The van der Waals surface area contributed by atoms with Gasteiger partial charge in [0.05, 0.1) is 0 Å². The maximum atomic E-state index is 12.6. The first-order chi connectivity index (χ1) is 13.6. The SMILES string of the molecule is CC1(c2ccccc2)N=C(c2ccc(-c3ccc4[nH]ccc4c3)cc2)NC1=O. The molecule has 2 N–H and O–H groups in total. The van der Waals surface area contributed by atoms with Gasteiger partial charge in [0.25, 0.3) is 5.91 Å². The normalized spacial score (nSPS) is 18.9. The topological polar surface area (TPSA) is 57.2 Å². The molecule has 0 aliphatic carbocycles. The lowest BCUT2D eigenvalue weighted by Gasteiger charge is -2.17. The van der Waals surface area contributed by atoms with E-state index < -0.39 is 5.54 Å². The Labute approximate surface area is 162 Å². The van der Waals surface area contributed by atoms with Crippen molar-refractivity contribution in [1.29, 1.82) is 0 Å². The summed E-state index contributed by atoms with van der Waals surface area (Å²) in [5.74, 6) is 0.514. The number of carbonyl (C=O) groups excluding carboxylic acids is 1. The van der Waals surface area contributed by atoms with Gasteiger partial charge in [-0.1, -0.05) is 60.7 Å². The Morgan fingerprint density at radius 2 is 1.54 bits per heavy atom. The largest absolute Gasteiger partial charge is 0.361 e. The minimum absolute atomic E-state index is 0.101. The lowest BCUT2D eigenvalue weighted by Crippen LogP contribution is -2.35. The van der Waals surface area contributed by atoms with Crippen molar-refractivity contribution in [3.05, 3.63) is 96.2 Å². The molecule has 0 radical (unpaired) electrons. The number of nitrogens with one attached hydrogen (secondary N) is 2. The van der Waals surface area contributed by atoms with Crippen LogP contribution in [0.4, 0.5) is 0 Å². The van der Waals surface area contributed by atoms with Crippen LogP contribution in [-0.2, 0) is 10.3 Å². The molecule has 0 saturated heterocycles. The fourth-order valence-electron chi connectivity index (χ4n) is 3.68. The van der Waals surface area contributed by atoms with Crippen LogP contribution in [0, 0.1) is 0 Å². The van der Waals surface area contributed by atoms with E-state index in [4.69, 9.17) is 4.99 Å². The van der Waals surface area contributed by atoms with E-state index in [1.54, 1.807) is 0 Å². The Bertz CT molecular complexity index is 1210. The lowest BCUT2D eigenvalue weighted by molar-refractivity contribution is -0.123. The van der Waals surface area contributed by atoms with Crippen molar-refractivity contribution in [3.8, 4) is 11.1 Å². The van der Waals surface area contributed by atoms with Gasteiger partial charge in [-0.15, -0.1) is 0 Å². The van der Waals surface area contributed by atoms with Gasteiger partial charge in [0, 0.05) is 17.3 Å². The number of benzene rings is 3. The second-order valence-electron chi connectivity index (χ2n) is 7.21. The number of amidine groups is 1. The van der Waals surface area contributed by atoms with Crippen LogP contribution in [0.15, 0.2) is 90.1 Å². The van der Waals surface area contributed by atoms with Crippen molar-refractivity contribution < 1.29 is 4.79 Å². The van der Waals surface area contributed by atoms with E-state index in [-0.39, 0.29) is 5.91 Å². The standard InChI is InChI=1S/C24H19N3O/c1-24(20-5-3-2-4-6-20)23(28)26-22(27-24)17-9-7-16(8-10-17)18-11-12-21-19(15-18)13-14-25-21/h2-15,25H,1H3,(H,26,27,28). The molecule has 1 aliphatic heterocycles. The summed E-state index contributed by atoms with van der Waals surface area (Å²) in [6.07, 6.45) is 1.95. The van der Waals surface area contributed by atoms with Gasteiger partial charge in [-0.2, -0.15) is 0 Å². The zero-order valence-corrected chi connectivity index (χ0v) is 15.4. The second-order valence-corrected chi connectivity index (χ2v) is 7.21. The van der Waals surface area contributed by atoms with Crippen LogP contribution in [-0.4, -0.2) is 16.7 Å². The van der Waals surface area contributed by atoms with Gasteiger partial charge in [0.2, 0.25) is 0 Å². The molecule has 4 aromatic rings. The molecule has 0 fully saturated rings. The number of H-pyrrole nitrogens is 1. The van der Waals surface area contributed by atoms with Crippen molar-refractivity contribution in [2.75, 3.05) is 0 Å². The third-order valence-electron chi connectivity index (χ3n) is 5.39. The van der Waals surface area contributed by atoms with Gasteiger partial charge in [0.1, 0.15) is 5.84 Å². The summed E-state index contributed by atoms with van der Waals surface area (Å²) in [4.78, 5) is 20.6. The average Bonchev–Trinajstić information content (AvgIpc) is 3.33. The minimum atomic E-state index is -0.894. The van der Waals surface area contributed by atoms with Crippen LogP contribution >= 0.6 is 0 Å². The number of nitrogens with zero attached hydrogens (tertiary/aromatic N) is 1. The van der Waals surface area contributed by atoms with Crippen molar-refractivity contribution in [2.24, 2.45) is 4.99 Å². The first kappa shape index (κ1) is 16.5. The maximum Gasteiger partial charge on any atom is 0.257 e. The third-order valence-corrected chi connectivity index (χ3v) is 5.39. The van der Waals surface area contributed by atoms with Gasteiger partial charge < -0.3 is 10.3 Å². The molecule has 28 heavy (non-hydrogen) atoms. The number of aromatic nitrogens is 1. The molecule has 5 rings (SSSR count). The highest BCUT2D eigenvalue weighted by atomic mass is 16.2. The monoisotopic (exact) mass is 365 g/mol. The van der Waals surface area contributed by atoms with Crippen LogP contribution in [0.3, 0.4) is 0 Å². The molecular weight excluding hydrogens is 346 g/mol. The van der Waals surface area contributed by atoms with Crippen LogP contribution in [0.5, 0.6) is 0 Å². The Morgan fingerprint density at radius 1 is 0.821 bits per heavy atom. The number of carbonyl (C=O) groups is 1. The molecule has 4 heteroatoms. The molecule has 1 amide bonds. The number of hydrogen-bond acceptors (Lipinski definition) is 2. The van der Waals surface area contributed by atoms with E-state index in [0.717, 1.165) is 27.8 Å². The highest BCUT2D eigenvalue weighted by molar-refractivity contribution is 6.15. The number of fused-ring (bicyclic) bond motifs is 1. The highest BCUT2D eigenvalue weighted by Gasteiger charge is 2.40. The van der Waals surface area contributed by atoms with Crippen molar-refractivity contribution >= 4 is 22.6 Å². The van der Waals surface area contributed by atoms with Gasteiger partial charge in [0.15, 0.2) is 5.54 Å². The maximum absolute atomic E-state index is 12.6. The Kier molecular flexibility index (Phi) is 3.66. The van der Waals surface area contributed by atoms with E-state index in [9.17, 15) is 4.79 Å². The molecular formula is C24H19N3O. The molecule has 1 aliphatic rings. The number of aliphatic imine (C=N–C) groups is 1. The molecule has 1 aromatic heterocycles. The van der Waals surface area contributed by atoms with Gasteiger partial charge in [-0.25, -0.2) is 4.99 Å². The Morgan fingerprint density at radius 3 is 2.32 bits per heavy atom.